The molecule has 0 aromatic heterocycles. The summed E-state index contributed by atoms with van der Waals surface area (Å²) in [6.45, 7) is 0. The molecule has 1 saturated carbocycles. The SMILES string of the molecule is N#CC1(C#N)[C@@H](c2ccccc2)[C@@]1(C#N)c1ccccc1. The van der Waals surface area contributed by atoms with Gasteiger partial charge < -0.3 is 0 Å². The first-order valence-corrected chi connectivity index (χ1v) is 6.61. The van der Waals surface area contributed by atoms with Crippen molar-refractivity contribution in [1.82, 2.24) is 0 Å². The lowest BCUT2D eigenvalue weighted by molar-refractivity contribution is 0.742. The standard InChI is InChI=1S/C18H11N3/c19-11-17(12-20)16(14-7-3-1-4-8-14)18(17,13-21)15-9-5-2-6-10-15/h1-10,16H/t16-,18-/m1/s1. The van der Waals surface area contributed by atoms with Crippen LogP contribution in [0.3, 0.4) is 0 Å². The lowest BCUT2D eigenvalue weighted by atomic mass is 9.88. The molecule has 0 heterocycles. The van der Waals surface area contributed by atoms with E-state index in [2.05, 4.69) is 18.2 Å². The van der Waals surface area contributed by atoms with Crippen LogP contribution in [0.2, 0.25) is 0 Å². The first-order valence-electron chi connectivity index (χ1n) is 6.61. The van der Waals surface area contributed by atoms with Crippen LogP contribution < -0.4 is 0 Å². The van der Waals surface area contributed by atoms with Gasteiger partial charge in [0.05, 0.1) is 18.2 Å². The van der Waals surface area contributed by atoms with Crippen LogP contribution in [0.15, 0.2) is 60.7 Å². The monoisotopic (exact) mass is 269 g/mol. The van der Waals surface area contributed by atoms with Gasteiger partial charge in [-0.2, -0.15) is 15.8 Å². The van der Waals surface area contributed by atoms with E-state index in [9.17, 15) is 15.8 Å². The molecule has 0 aliphatic heterocycles. The molecule has 0 amide bonds. The molecule has 0 unspecified atom stereocenters. The van der Waals surface area contributed by atoms with Crippen molar-refractivity contribution < 1.29 is 0 Å². The van der Waals surface area contributed by atoms with Crippen molar-refractivity contribution in [3.05, 3.63) is 71.8 Å². The van der Waals surface area contributed by atoms with Crippen LogP contribution in [0.5, 0.6) is 0 Å². The number of benzene rings is 2. The molecule has 2 aromatic carbocycles. The van der Waals surface area contributed by atoms with Crippen LogP contribution in [0.1, 0.15) is 17.0 Å². The third kappa shape index (κ3) is 1.45. The zero-order valence-corrected chi connectivity index (χ0v) is 11.2. The van der Waals surface area contributed by atoms with Crippen molar-refractivity contribution in [2.75, 3.05) is 0 Å². The number of hydrogen-bond donors (Lipinski definition) is 0. The van der Waals surface area contributed by atoms with Crippen molar-refractivity contribution in [3.63, 3.8) is 0 Å². The maximum atomic E-state index is 9.79. The fourth-order valence-electron chi connectivity index (χ4n) is 3.26. The Morgan fingerprint density at radius 2 is 1.24 bits per heavy atom. The first-order chi connectivity index (χ1) is 10.3. The fourth-order valence-corrected chi connectivity index (χ4v) is 3.26. The lowest BCUT2D eigenvalue weighted by Gasteiger charge is -2.09. The smallest absolute Gasteiger partial charge is 0.175 e. The minimum Gasteiger partial charge on any atom is -0.197 e. The van der Waals surface area contributed by atoms with Gasteiger partial charge in [-0.25, -0.2) is 0 Å². The van der Waals surface area contributed by atoms with E-state index < -0.39 is 16.7 Å². The lowest BCUT2D eigenvalue weighted by Crippen LogP contribution is -2.14. The van der Waals surface area contributed by atoms with Crippen LogP contribution in [0.4, 0.5) is 0 Å². The first kappa shape index (κ1) is 12.9. The third-order valence-electron chi connectivity index (χ3n) is 4.30. The van der Waals surface area contributed by atoms with E-state index in [1.807, 2.05) is 60.7 Å². The van der Waals surface area contributed by atoms with E-state index in [1.165, 1.54) is 0 Å². The molecule has 0 N–H and O–H groups in total. The summed E-state index contributed by atoms with van der Waals surface area (Å²) in [6.07, 6.45) is 0. The number of nitriles is 3. The van der Waals surface area contributed by atoms with Crippen molar-refractivity contribution in [3.8, 4) is 18.2 Å². The molecular weight excluding hydrogens is 258 g/mol. The van der Waals surface area contributed by atoms with Crippen LogP contribution in [-0.4, -0.2) is 0 Å². The Labute approximate surface area is 123 Å². The van der Waals surface area contributed by atoms with Crippen molar-refractivity contribution in [1.29, 1.82) is 15.8 Å². The molecule has 2 aromatic rings. The molecule has 1 aliphatic rings. The number of hydrogen-bond acceptors (Lipinski definition) is 3. The molecule has 2 atom stereocenters. The Morgan fingerprint density at radius 3 is 1.71 bits per heavy atom. The molecule has 0 saturated heterocycles. The van der Waals surface area contributed by atoms with Crippen molar-refractivity contribution in [2.24, 2.45) is 5.41 Å². The van der Waals surface area contributed by atoms with E-state index in [-0.39, 0.29) is 0 Å². The molecule has 3 rings (SSSR count). The van der Waals surface area contributed by atoms with Gasteiger partial charge in [-0.05, 0) is 11.1 Å². The largest absolute Gasteiger partial charge is 0.197 e. The average Bonchev–Trinajstić information content (AvgIpc) is 3.20. The van der Waals surface area contributed by atoms with E-state index in [1.54, 1.807) is 0 Å². The maximum Gasteiger partial charge on any atom is 0.175 e. The summed E-state index contributed by atoms with van der Waals surface area (Å²) in [5.74, 6) is -0.423. The topological polar surface area (TPSA) is 71.4 Å². The highest BCUT2D eigenvalue weighted by Crippen LogP contribution is 2.73. The van der Waals surface area contributed by atoms with Crippen molar-refractivity contribution >= 4 is 0 Å². The molecule has 21 heavy (non-hydrogen) atoms. The molecule has 0 spiro atoms. The molecule has 0 radical (unpaired) electrons. The van der Waals surface area contributed by atoms with E-state index in [0.717, 1.165) is 11.1 Å². The predicted octanol–water partition coefficient (Wildman–Crippen LogP) is 3.28. The molecular formula is C18H11N3. The van der Waals surface area contributed by atoms with Crippen LogP contribution >= 0.6 is 0 Å². The van der Waals surface area contributed by atoms with Gasteiger partial charge in [0.25, 0.3) is 0 Å². The number of rotatable bonds is 2. The predicted molar refractivity (Wildman–Crippen MR) is 76.6 cm³/mol. The molecule has 3 heteroatoms. The second kappa shape index (κ2) is 4.48. The molecule has 3 nitrogen and oxygen atoms in total. The Morgan fingerprint density at radius 1 is 0.714 bits per heavy atom. The van der Waals surface area contributed by atoms with Gasteiger partial charge in [-0.1, -0.05) is 60.7 Å². The van der Waals surface area contributed by atoms with Gasteiger partial charge in [-0.15, -0.1) is 0 Å². The highest BCUT2D eigenvalue weighted by Gasteiger charge is 2.81. The molecule has 0 bridgehead atoms. The summed E-state index contributed by atoms with van der Waals surface area (Å²) in [4.78, 5) is 0. The molecule has 1 aliphatic carbocycles. The summed E-state index contributed by atoms with van der Waals surface area (Å²) in [7, 11) is 0. The van der Waals surface area contributed by atoms with Crippen LogP contribution in [-0.2, 0) is 5.41 Å². The zero-order valence-electron chi connectivity index (χ0n) is 11.2. The van der Waals surface area contributed by atoms with Gasteiger partial charge in [0.1, 0.15) is 5.41 Å². The van der Waals surface area contributed by atoms with Gasteiger partial charge in [0, 0.05) is 5.92 Å². The summed E-state index contributed by atoms with van der Waals surface area (Å²) < 4.78 is 0. The second-order valence-electron chi connectivity index (χ2n) is 5.16. The Kier molecular flexibility index (Phi) is 2.76. The van der Waals surface area contributed by atoms with Gasteiger partial charge >= 0.3 is 0 Å². The van der Waals surface area contributed by atoms with Gasteiger partial charge in [-0.3, -0.25) is 0 Å². The van der Waals surface area contributed by atoms with Crippen LogP contribution in [0, 0.1) is 39.4 Å². The average molecular weight is 269 g/mol. The Hall–Kier alpha value is -3.09. The number of nitrogens with zero attached hydrogens (tertiary/aromatic N) is 3. The van der Waals surface area contributed by atoms with Crippen molar-refractivity contribution in [2.45, 2.75) is 11.3 Å². The summed E-state index contributed by atoms with van der Waals surface area (Å²) in [5, 5.41) is 29.0. The van der Waals surface area contributed by atoms with E-state index in [4.69, 9.17) is 0 Å². The summed E-state index contributed by atoms with van der Waals surface area (Å²) in [6, 6.07) is 25.0. The Balaban J connectivity index is 2.24. The van der Waals surface area contributed by atoms with Crippen LogP contribution in [0.25, 0.3) is 0 Å². The van der Waals surface area contributed by atoms with Gasteiger partial charge in [0.2, 0.25) is 0 Å². The zero-order chi connectivity index (χ0) is 14.9. The Bertz CT molecular complexity index is 776. The third-order valence-corrected chi connectivity index (χ3v) is 4.30. The normalized spacial score (nSPS) is 25.1. The fraction of sp³-hybridized carbons (Fsp3) is 0.167. The maximum absolute atomic E-state index is 9.79. The van der Waals surface area contributed by atoms with Gasteiger partial charge in [0.15, 0.2) is 5.41 Å². The van der Waals surface area contributed by atoms with E-state index in [0.29, 0.717) is 0 Å². The minimum atomic E-state index is -1.33. The quantitative estimate of drug-likeness (QED) is 0.839. The summed E-state index contributed by atoms with van der Waals surface area (Å²) in [5.41, 5.74) is -0.848. The van der Waals surface area contributed by atoms with E-state index >= 15 is 0 Å². The highest BCUT2D eigenvalue weighted by atomic mass is 14.8. The minimum absolute atomic E-state index is 0.423. The molecule has 98 valence electrons. The molecule has 1 fully saturated rings. The highest BCUT2D eigenvalue weighted by molar-refractivity contribution is 5.64. The summed E-state index contributed by atoms with van der Waals surface area (Å²) >= 11 is 0. The second-order valence-corrected chi connectivity index (χ2v) is 5.16.